The van der Waals surface area contributed by atoms with Gasteiger partial charge in [0, 0.05) is 52.4 Å². The van der Waals surface area contributed by atoms with Crippen LogP contribution in [0, 0.1) is 11.8 Å². The molecule has 0 heterocycles. The summed E-state index contributed by atoms with van der Waals surface area (Å²) in [6.45, 7) is 7.06. The third-order valence-corrected chi connectivity index (χ3v) is 5.74. The highest BCUT2D eigenvalue weighted by Crippen LogP contribution is 2.40. The smallest absolute Gasteiger partial charge is 0.305 e. The van der Waals surface area contributed by atoms with Crippen LogP contribution in [0.1, 0.15) is 73.1 Å². The van der Waals surface area contributed by atoms with E-state index >= 15 is 0 Å². The third-order valence-electron chi connectivity index (χ3n) is 5.74. The first-order chi connectivity index (χ1) is 16.4. The summed E-state index contributed by atoms with van der Waals surface area (Å²) in [4.78, 5) is 57.9. The SMILES string of the molecule is COC(=O)CCC1C(OC(C)=O)CC(OC(C)=O)C1/C=C/C(CCCC(C)OC(C)=O)OC(C)=O. The molecular weight excluding hydrogens is 460 g/mol. The van der Waals surface area contributed by atoms with Crippen LogP contribution in [0.2, 0.25) is 0 Å². The molecular formula is C25H38O10. The molecule has 6 atom stereocenters. The molecule has 1 fully saturated rings. The first-order valence-electron chi connectivity index (χ1n) is 11.9. The first kappa shape index (κ1) is 30.1. The highest BCUT2D eigenvalue weighted by atomic mass is 16.6. The van der Waals surface area contributed by atoms with Crippen LogP contribution in [0.15, 0.2) is 12.2 Å². The van der Waals surface area contributed by atoms with Gasteiger partial charge >= 0.3 is 29.8 Å². The van der Waals surface area contributed by atoms with E-state index in [4.69, 9.17) is 23.7 Å². The van der Waals surface area contributed by atoms with E-state index in [0.717, 1.165) is 0 Å². The second-order valence-corrected chi connectivity index (χ2v) is 8.77. The van der Waals surface area contributed by atoms with Gasteiger partial charge in [0.15, 0.2) is 0 Å². The second-order valence-electron chi connectivity index (χ2n) is 8.77. The maximum atomic E-state index is 11.8. The number of methoxy groups -OCH3 is 1. The van der Waals surface area contributed by atoms with Gasteiger partial charge in [-0.15, -0.1) is 0 Å². The van der Waals surface area contributed by atoms with Gasteiger partial charge in [-0.25, -0.2) is 0 Å². The molecule has 1 saturated carbocycles. The average molecular weight is 499 g/mol. The first-order valence-corrected chi connectivity index (χ1v) is 11.9. The molecule has 198 valence electrons. The Morgan fingerprint density at radius 1 is 0.857 bits per heavy atom. The lowest BCUT2D eigenvalue weighted by molar-refractivity contribution is -0.150. The molecule has 0 aromatic rings. The van der Waals surface area contributed by atoms with Crippen molar-refractivity contribution in [3.05, 3.63) is 12.2 Å². The molecule has 1 aliphatic rings. The Balaban J connectivity index is 3.06. The minimum Gasteiger partial charge on any atom is -0.469 e. The van der Waals surface area contributed by atoms with Crippen LogP contribution in [0.25, 0.3) is 0 Å². The van der Waals surface area contributed by atoms with Gasteiger partial charge < -0.3 is 23.7 Å². The molecule has 35 heavy (non-hydrogen) atoms. The van der Waals surface area contributed by atoms with E-state index in [-0.39, 0.29) is 36.8 Å². The van der Waals surface area contributed by atoms with Crippen LogP contribution >= 0.6 is 0 Å². The topological polar surface area (TPSA) is 132 Å². The quantitative estimate of drug-likeness (QED) is 0.212. The van der Waals surface area contributed by atoms with E-state index < -0.39 is 42.2 Å². The van der Waals surface area contributed by atoms with Crippen LogP contribution in [0.3, 0.4) is 0 Å². The van der Waals surface area contributed by atoms with Gasteiger partial charge in [-0.1, -0.05) is 6.08 Å². The lowest BCUT2D eigenvalue weighted by Gasteiger charge is -2.24. The fourth-order valence-corrected chi connectivity index (χ4v) is 4.41. The number of hydrogen-bond acceptors (Lipinski definition) is 10. The van der Waals surface area contributed by atoms with Crippen molar-refractivity contribution < 1.29 is 47.7 Å². The molecule has 0 aromatic carbocycles. The average Bonchev–Trinajstić information content (AvgIpc) is 3.03. The Kier molecular flexibility index (Phi) is 13.0. The summed E-state index contributed by atoms with van der Waals surface area (Å²) in [5.74, 6) is -2.82. The van der Waals surface area contributed by atoms with Crippen molar-refractivity contribution in [2.45, 2.75) is 97.6 Å². The van der Waals surface area contributed by atoms with Gasteiger partial charge in [-0.05, 0) is 38.7 Å². The van der Waals surface area contributed by atoms with Gasteiger partial charge in [0.2, 0.25) is 0 Å². The predicted molar refractivity (Wildman–Crippen MR) is 124 cm³/mol. The molecule has 0 saturated heterocycles. The number of carbonyl (C=O) groups is 5. The Hall–Kier alpha value is -2.91. The molecule has 0 radical (unpaired) electrons. The summed E-state index contributed by atoms with van der Waals surface area (Å²) >= 11 is 0. The van der Waals surface area contributed by atoms with Gasteiger partial charge in [0.05, 0.1) is 13.2 Å². The molecule has 6 unspecified atom stereocenters. The van der Waals surface area contributed by atoms with Crippen LogP contribution in [-0.2, 0) is 47.7 Å². The molecule has 10 nitrogen and oxygen atoms in total. The standard InChI is InChI=1S/C25H38O10/c1-15(32-16(2)26)8-7-9-20(33-17(3)27)10-11-21-22(12-13-25(30)31-6)24(35-19(5)29)14-23(21)34-18(4)28/h10-11,15,20-24H,7-9,12-14H2,1-6H3/b11-10+. The number of rotatable bonds is 13. The maximum absolute atomic E-state index is 11.8. The van der Waals surface area contributed by atoms with Crippen LogP contribution in [-0.4, -0.2) is 61.4 Å². The van der Waals surface area contributed by atoms with Crippen molar-refractivity contribution in [2.75, 3.05) is 7.11 Å². The fraction of sp³-hybridized carbons (Fsp3) is 0.720. The molecule has 0 aromatic heterocycles. The minimum absolute atomic E-state index is 0.109. The lowest BCUT2D eigenvalue weighted by Crippen LogP contribution is -2.26. The van der Waals surface area contributed by atoms with E-state index in [9.17, 15) is 24.0 Å². The number of carbonyl (C=O) groups excluding carboxylic acids is 5. The molecule has 0 N–H and O–H groups in total. The minimum atomic E-state index is -0.572. The molecule has 1 rings (SSSR count). The Morgan fingerprint density at radius 2 is 1.46 bits per heavy atom. The van der Waals surface area contributed by atoms with Crippen LogP contribution < -0.4 is 0 Å². The van der Waals surface area contributed by atoms with E-state index in [1.165, 1.54) is 34.8 Å². The van der Waals surface area contributed by atoms with Gasteiger partial charge in [0.1, 0.15) is 18.3 Å². The Bertz CT molecular complexity index is 774. The summed E-state index contributed by atoms with van der Waals surface area (Å²) in [6.07, 6.45) is 4.09. The normalized spacial score (nSPS) is 23.3. The molecule has 0 bridgehead atoms. The zero-order chi connectivity index (χ0) is 26.5. The second kappa shape index (κ2) is 15.2. The molecule has 0 aliphatic heterocycles. The van der Waals surface area contributed by atoms with E-state index in [2.05, 4.69) is 0 Å². The van der Waals surface area contributed by atoms with Crippen molar-refractivity contribution in [1.82, 2.24) is 0 Å². The Morgan fingerprint density at radius 3 is 2.00 bits per heavy atom. The van der Waals surface area contributed by atoms with E-state index in [1.54, 1.807) is 13.0 Å². The van der Waals surface area contributed by atoms with Crippen LogP contribution in [0.4, 0.5) is 0 Å². The molecule has 10 heteroatoms. The number of esters is 5. The van der Waals surface area contributed by atoms with Gasteiger partial charge in [-0.3, -0.25) is 24.0 Å². The van der Waals surface area contributed by atoms with Gasteiger partial charge in [-0.2, -0.15) is 0 Å². The van der Waals surface area contributed by atoms with Crippen molar-refractivity contribution >= 4 is 29.8 Å². The number of ether oxygens (including phenoxy) is 5. The summed E-state index contributed by atoms with van der Waals surface area (Å²) in [5.41, 5.74) is 0. The summed E-state index contributed by atoms with van der Waals surface area (Å²) < 4.78 is 26.3. The van der Waals surface area contributed by atoms with E-state index in [0.29, 0.717) is 25.7 Å². The van der Waals surface area contributed by atoms with Crippen LogP contribution in [0.5, 0.6) is 0 Å². The monoisotopic (exact) mass is 498 g/mol. The van der Waals surface area contributed by atoms with E-state index in [1.807, 2.05) is 6.08 Å². The van der Waals surface area contributed by atoms with Crippen molar-refractivity contribution in [3.8, 4) is 0 Å². The Labute approximate surface area is 206 Å². The maximum Gasteiger partial charge on any atom is 0.305 e. The van der Waals surface area contributed by atoms with Crippen molar-refractivity contribution in [1.29, 1.82) is 0 Å². The van der Waals surface area contributed by atoms with Crippen molar-refractivity contribution in [3.63, 3.8) is 0 Å². The predicted octanol–water partition coefficient (Wildman–Crippen LogP) is 3.05. The summed E-state index contributed by atoms with van der Waals surface area (Å²) in [6, 6.07) is 0. The van der Waals surface area contributed by atoms with Crippen molar-refractivity contribution in [2.24, 2.45) is 11.8 Å². The molecule has 0 spiro atoms. The zero-order valence-electron chi connectivity index (χ0n) is 21.4. The molecule has 0 amide bonds. The molecule has 1 aliphatic carbocycles. The largest absolute Gasteiger partial charge is 0.469 e. The van der Waals surface area contributed by atoms with Gasteiger partial charge in [0.25, 0.3) is 0 Å². The number of hydrogen-bond donors (Lipinski definition) is 0. The summed E-state index contributed by atoms with van der Waals surface area (Å²) in [5, 5.41) is 0. The zero-order valence-corrected chi connectivity index (χ0v) is 21.4. The fourth-order valence-electron chi connectivity index (χ4n) is 4.41. The summed E-state index contributed by atoms with van der Waals surface area (Å²) in [7, 11) is 1.30. The lowest BCUT2D eigenvalue weighted by atomic mass is 9.88. The highest BCUT2D eigenvalue weighted by molar-refractivity contribution is 5.69. The third kappa shape index (κ3) is 11.9. The highest BCUT2D eigenvalue weighted by Gasteiger charge is 2.45.